The van der Waals surface area contributed by atoms with Crippen molar-refractivity contribution in [2.75, 3.05) is 6.61 Å². The highest BCUT2D eigenvalue weighted by atomic mass is 16.5. The Morgan fingerprint density at radius 1 is 0.765 bits per heavy atom. The van der Waals surface area contributed by atoms with Gasteiger partial charge in [0.25, 0.3) is 0 Å². The van der Waals surface area contributed by atoms with Gasteiger partial charge in [-0.2, -0.15) is 0 Å². The summed E-state index contributed by atoms with van der Waals surface area (Å²) in [6.45, 7) is 4.77. The molecule has 4 nitrogen and oxygen atoms in total. The molecule has 0 saturated carbocycles. The lowest BCUT2D eigenvalue weighted by atomic mass is 9.95. The summed E-state index contributed by atoms with van der Waals surface area (Å²) in [4.78, 5) is 26.4. The van der Waals surface area contributed by atoms with Crippen LogP contribution in [0.15, 0.2) is 78.9 Å². The Bertz CT molecular complexity index is 1040. The molecule has 0 aliphatic heterocycles. The summed E-state index contributed by atoms with van der Waals surface area (Å²) in [5, 5.41) is 0. The molecule has 3 rings (SSSR count). The van der Waals surface area contributed by atoms with Crippen LogP contribution in [0.4, 0.5) is 0 Å². The van der Waals surface area contributed by atoms with Gasteiger partial charge in [0.05, 0.1) is 17.7 Å². The Kier molecular flexibility index (Phi) is 9.90. The molecule has 0 amide bonds. The average molecular weight is 459 g/mol. The highest BCUT2D eigenvalue weighted by Crippen LogP contribution is 2.22. The maximum Gasteiger partial charge on any atom is 0.339 e. The Hall–Kier alpha value is -3.40. The molecule has 0 N–H and O–H groups in total. The van der Waals surface area contributed by atoms with E-state index in [1.807, 2.05) is 66.7 Å². The molecule has 0 fully saturated rings. The van der Waals surface area contributed by atoms with Crippen LogP contribution in [0, 0.1) is 5.92 Å². The van der Waals surface area contributed by atoms with Crippen LogP contribution in [0.3, 0.4) is 0 Å². The molecule has 0 radical (unpaired) electrons. The lowest BCUT2D eigenvalue weighted by molar-refractivity contribution is 0.0397. The number of hydrogen-bond donors (Lipinski definition) is 0. The minimum Gasteiger partial charge on any atom is -0.462 e. The predicted octanol–water partition coefficient (Wildman–Crippen LogP) is 7.01. The molecule has 3 aromatic carbocycles. The Morgan fingerprint density at radius 2 is 1.44 bits per heavy atom. The standard InChI is InChI=1S/C30H34O4/c1-3-5-13-23(4-2)21-33-29(31)27-19-12-18-26(20-24-14-8-6-9-15-24)28(27)30(32)34-22-25-16-10-7-11-17-25/h6-12,14-19,23H,3-5,13,20-22H2,1-2H3. The van der Waals surface area contributed by atoms with Crippen LogP contribution < -0.4 is 0 Å². The van der Waals surface area contributed by atoms with Crippen molar-refractivity contribution in [3.05, 3.63) is 107 Å². The van der Waals surface area contributed by atoms with Crippen LogP contribution in [0.1, 0.15) is 76.9 Å². The number of benzene rings is 3. The van der Waals surface area contributed by atoms with Crippen molar-refractivity contribution in [1.29, 1.82) is 0 Å². The van der Waals surface area contributed by atoms with E-state index in [4.69, 9.17) is 9.47 Å². The van der Waals surface area contributed by atoms with Gasteiger partial charge in [0.15, 0.2) is 0 Å². The van der Waals surface area contributed by atoms with Gasteiger partial charge in [-0.25, -0.2) is 9.59 Å². The zero-order valence-electron chi connectivity index (χ0n) is 20.2. The van der Waals surface area contributed by atoms with Gasteiger partial charge in [-0.05, 0) is 41.5 Å². The second-order valence-corrected chi connectivity index (χ2v) is 8.58. The summed E-state index contributed by atoms with van der Waals surface area (Å²) in [5.41, 5.74) is 3.24. The zero-order valence-corrected chi connectivity index (χ0v) is 20.2. The molecular formula is C30H34O4. The van der Waals surface area contributed by atoms with Gasteiger partial charge >= 0.3 is 11.9 Å². The third kappa shape index (κ3) is 7.31. The number of unbranched alkanes of at least 4 members (excludes halogenated alkanes) is 1. The van der Waals surface area contributed by atoms with Crippen LogP contribution in [-0.2, 0) is 22.5 Å². The molecule has 0 aliphatic carbocycles. The number of ether oxygens (including phenoxy) is 2. The van der Waals surface area contributed by atoms with Crippen molar-refractivity contribution in [3.8, 4) is 0 Å². The Morgan fingerprint density at radius 3 is 2.09 bits per heavy atom. The van der Waals surface area contributed by atoms with Gasteiger partial charge in [0, 0.05) is 0 Å². The number of hydrogen-bond acceptors (Lipinski definition) is 4. The fourth-order valence-corrected chi connectivity index (χ4v) is 3.94. The summed E-state index contributed by atoms with van der Waals surface area (Å²) in [5.74, 6) is -0.665. The average Bonchev–Trinajstić information content (AvgIpc) is 2.88. The monoisotopic (exact) mass is 458 g/mol. The third-order valence-electron chi connectivity index (χ3n) is 6.02. The maximum absolute atomic E-state index is 13.3. The lowest BCUT2D eigenvalue weighted by Gasteiger charge is -2.17. The first-order valence-electron chi connectivity index (χ1n) is 12.2. The summed E-state index contributed by atoms with van der Waals surface area (Å²) in [6, 6.07) is 24.7. The first kappa shape index (κ1) is 25.2. The number of esters is 2. The Labute approximate surface area is 202 Å². The summed E-state index contributed by atoms with van der Waals surface area (Å²) < 4.78 is 11.3. The highest BCUT2D eigenvalue weighted by Gasteiger charge is 2.24. The van der Waals surface area contributed by atoms with Gasteiger partial charge in [-0.15, -0.1) is 0 Å². The predicted molar refractivity (Wildman–Crippen MR) is 135 cm³/mol. The van der Waals surface area contributed by atoms with Gasteiger partial charge in [-0.1, -0.05) is 106 Å². The van der Waals surface area contributed by atoms with Gasteiger partial charge in [-0.3, -0.25) is 0 Å². The number of carbonyl (C=O) groups is 2. The van der Waals surface area contributed by atoms with Crippen molar-refractivity contribution >= 4 is 11.9 Å². The van der Waals surface area contributed by atoms with Crippen LogP contribution in [-0.4, -0.2) is 18.5 Å². The zero-order chi connectivity index (χ0) is 24.2. The van der Waals surface area contributed by atoms with E-state index in [2.05, 4.69) is 13.8 Å². The SMILES string of the molecule is CCCCC(CC)COC(=O)c1cccc(Cc2ccccc2)c1C(=O)OCc1ccccc1. The summed E-state index contributed by atoms with van der Waals surface area (Å²) in [7, 11) is 0. The van der Waals surface area contributed by atoms with E-state index in [9.17, 15) is 9.59 Å². The molecule has 4 heteroatoms. The van der Waals surface area contributed by atoms with E-state index in [1.165, 1.54) is 0 Å². The molecule has 0 aromatic heterocycles. The molecule has 34 heavy (non-hydrogen) atoms. The number of rotatable bonds is 12. The maximum atomic E-state index is 13.3. The normalized spacial score (nSPS) is 11.6. The summed E-state index contributed by atoms with van der Waals surface area (Å²) in [6.07, 6.45) is 4.72. The molecule has 1 atom stereocenters. The van der Waals surface area contributed by atoms with Crippen LogP contribution in [0.2, 0.25) is 0 Å². The molecule has 0 bridgehead atoms. The minimum atomic E-state index is -0.514. The van der Waals surface area contributed by atoms with Crippen molar-refractivity contribution in [2.45, 2.75) is 52.6 Å². The molecule has 0 heterocycles. The minimum absolute atomic E-state index is 0.142. The van der Waals surface area contributed by atoms with Crippen LogP contribution in [0.5, 0.6) is 0 Å². The fourth-order valence-electron chi connectivity index (χ4n) is 3.94. The largest absolute Gasteiger partial charge is 0.462 e. The first-order valence-corrected chi connectivity index (χ1v) is 12.2. The fraction of sp³-hybridized carbons (Fsp3) is 0.333. The molecule has 0 aliphatic rings. The third-order valence-corrected chi connectivity index (χ3v) is 6.02. The second-order valence-electron chi connectivity index (χ2n) is 8.58. The van der Waals surface area contributed by atoms with Crippen molar-refractivity contribution in [1.82, 2.24) is 0 Å². The quantitative estimate of drug-likeness (QED) is 0.274. The first-order chi connectivity index (χ1) is 16.6. The highest BCUT2D eigenvalue weighted by molar-refractivity contribution is 6.04. The van der Waals surface area contributed by atoms with E-state index >= 15 is 0 Å². The molecule has 178 valence electrons. The van der Waals surface area contributed by atoms with Crippen molar-refractivity contribution in [3.63, 3.8) is 0 Å². The molecule has 3 aromatic rings. The molecular weight excluding hydrogens is 424 g/mol. The van der Waals surface area contributed by atoms with Crippen LogP contribution in [0.25, 0.3) is 0 Å². The smallest absolute Gasteiger partial charge is 0.339 e. The van der Waals surface area contributed by atoms with Crippen molar-refractivity contribution < 1.29 is 19.1 Å². The lowest BCUT2D eigenvalue weighted by Crippen LogP contribution is -2.19. The Balaban J connectivity index is 1.84. The van der Waals surface area contributed by atoms with Gasteiger partial charge in [0.1, 0.15) is 6.61 Å². The number of carbonyl (C=O) groups excluding carboxylic acids is 2. The van der Waals surface area contributed by atoms with Crippen molar-refractivity contribution in [2.24, 2.45) is 5.92 Å². The molecule has 0 saturated heterocycles. The van der Waals surface area contributed by atoms with Gasteiger partial charge in [0.2, 0.25) is 0 Å². The van der Waals surface area contributed by atoms with E-state index in [-0.39, 0.29) is 17.7 Å². The van der Waals surface area contributed by atoms with Crippen LogP contribution >= 0.6 is 0 Å². The van der Waals surface area contributed by atoms with E-state index < -0.39 is 11.9 Å². The summed E-state index contributed by atoms with van der Waals surface area (Å²) >= 11 is 0. The van der Waals surface area contributed by atoms with E-state index in [0.29, 0.717) is 18.9 Å². The second kappa shape index (κ2) is 13.3. The topological polar surface area (TPSA) is 52.6 Å². The van der Waals surface area contributed by atoms with Gasteiger partial charge < -0.3 is 9.47 Å². The molecule has 1 unspecified atom stereocenters. The van der Waals surface area contributed by atoms with E-state index in [0.717, 1.165) is 42.4 Å². The van der Waals surface area contributed by atoms with E-state index in [1.54, 1.807) is 12.1 Å². The molecule has 0 spiro atoms.